The maximum atomic E-state index is 2.55. The molecule has 4 heterocycles. The number of benzene rings is 4. The SMILES string of the molecule is C[Si]1(c2ccc(-c3ccc([Si]4(C)c5ccccc5-c5ccccc54)s3)s2)c2ccccc2-c2ccccc21. The van der Waals surface area contributed by atoms with Gasteiger partial charge in [-0.15, -0.1) is 22.7 Å². The molecular weight excluding hydrogens is 529 g/mol. The molecular formula is C34H26S2Si2. The van der Waals surface area contributed by atoms with Crippen LogP contribution in [-0.4, -0.2) is 16.1 Å². The minimum atomic E-state index is -2.01. The van der Waals surface area contributed by atoms with Gasteiger partial charge in [0, 0.05) is 18.8 Å². The number of hydrogen-bond acceptors (Lipinski definition) is 2. The van der Waals surface area contributed by atoms with Gasteiger partial charge in [-0.3, -0.25) is 0 Å². The van der Waals surface area contributed by atoms with Crippen LogP contribution in [0.2, 0.25) is 13.1 Å². The first kappa shape index (κ1) is 22.7. The van der Waals surface area contributed by atoms with E-state index in [9.17, 15) is 0 Å². The average molecular weight is 555 g/mol. The van der Waals surface area contributed by atoms with Crippen LogP contribution in [0.25, 0.3) is 32.0 Å². The van der Waals surface area contributed by atoms with Gasteiger partial charge in [-0.1, -0.05) is 122 Å². The van der Waals surface area contributed by atoms with Gasteiger partial charge in [0.05, 0.1) is 0 Å². The lowest BCUT2D eigenvalue weighted by atomic mass is 10.1. The van der Waals surface area contributed by atoms with Crippen molar-refractivity contribution in [2.24, 2.45) is 0 Å². The average Bonchev–Trinajstić information content (AvgIpc) is 3.75. The Hall–Kier alpha value is -3.29. The summed E-state index contributed by atoms with van der Waals surface area (Å²) in [5, 5.41) is 6.22. The Labute approximate surface area is 233 Å². The Morgan fingerprint density at radius 1 is 0.368 bits per heavy atom. The third kappa shape index (κ3) is 2.89. The summed E-state index contributed by atoms with van der Waals surface area (Å²) in [5.41, 5.74) is 5.73. The van der Waals surface area contributed by atoms with Gasteiger partial charge in [0.1, 0.15) is 0 Å². The highest BCUT2D eigenvalue weighted by atomic mass is 32.1. The summed E-state index contributed by atoms with van der Waals surface area (Å²) in [6.07, 6.45) is 0. The van der Waals surface area contributed by atoms with Crippen LogP contribution < -0.4 is 29.7 Å². The van der Waals surface area contributed by atoms with Crippen LogP contribution in [0.3, 0.4) is 0 Å². The first-order chi connectivity index (χ1) is 18.6. The van der Waals surface area contributed by atoms with Crippen molar-refractivity contribution in [2.45, 2.75) is 13.1 Å². The molecule has 4 aromatic carbocycles. The predicted octanol–water partition coefficient (Wildman–Crippen LogP) is 5.64. The summed E-state index contributed by atoms with van der Waals surface area (Å²) in [4.78, 5) is 2.81. The smallest absolute Gasteiger partial charge is 0.143 e. The molecule has 2 aromatic heterocycles. The van der Waals surface area contributed by atoms with E-state index in [0.717, 1.165) is 0 Å². The molecule has 0 radical (unpaired) electrons. The largest absolute Gasteiger partial charge is 0.159 e. The zero-order valence-corrected chi connectivity index (χ0v) is 25.0. The van der Waals surface area contributed by atoms with Crippen molar-refractivity contribution in [3.05, 3.63) is 121 Å². The summed E-state index contributed by atoms with van der Waals surface area (Å²) in [7, 11) is -4.02. The minimum Gasteiger partial charge on any atom is -0.143 e. The maximum Gasteiger partial charge on any atom is 0.159 e. The van der Waals surface area contributed by atoms with Gasteiger partial charge < -0.3 is 0 Å². The van der Waals surface area contributed by atoms with E-state index < -0.39 is 16.1 Å². The van der Waals surface area contributed by atoms with E-state index in [1.165, 1.54) is 32.0 Å². The van der Waals surface area contributed by atoms with Crippen LogP contribution >= 0.6 is 22.7 Å². The maximum absolute atomic E-state index is 2.55. The van der Waals surface area contributed by atoms with Crippen molar-refractivity contribution in [2.75, 3.05) is 0 Å². The zero-order chi connectivity index (χ0) is 25.5. The van der Waals surface area contributed by atoms with E-state index in [0.29, 0.717) is 0 Å². The number of rotatable bonds is 3. The molecule has 0 spiro atoms. The van der Waals surface area contributed by atoms with Crippen LogP contribution in [0.1, 0.15) is 0 Å². The van der Waals surface area contributed by atoms with Crippen molar-refractivity contribution in [1.82, 2.24) is 0 Å². The highest BCUT2D eigenvalue weighted by Crippen LogP contribution is 2.35. The molecule has 0 aliphatic carbocycles. The summed E-state index contributed by atoms with van der Waals surface area (Å²) < 4.78 is 3.11. The van der Waals surface area contributed by atoms with Crippen molar-refractivity contribution in [1.29, 1.82) is 0 Å². The van der Waals surface area contributed by atoms with Crippen LogP contribution in [0.15, 0.2) is 121 Å². The van der Waals surface area contributed by atoms with Crippen LogP contribution in [0.4, 0.5) is 0 Å². The second-order valence-corrected chi connectivity index (χ2v) is 21.4. The molecule has 182 valence electrons. The number of thiophene rings is 2. The molecule has 6 aromatic rings. The Kier molecular flexibility index (Phi) is 4.84. The molecule has 2 aliphatic heterocycles. The summed E-state index contributed by atoms with van der Waals surface area (Å²) >= 11 is 4.05. The van der Waals surface area contributed by atoms with Gasteiger partial charge in [0.25, 0.3) is 0 Å². The first-order valence-electron chi connectivity index (χ1n) is 13.2. The van der Waals surface area contributed by atoms with Gasteiger partial charge in [-0.25, -0.2) is 0 Å². The third-order valence-electron chi connectivity index (χ3n) is 8.88. The standard InChI is InChI=1S/C34H26S2Si2/c1-37(29-15-7-3-11-23(29)24-12-4-8-16-30(24)37)33-21-19-27(35-33)28-20-22-34(36-28)38(2)31-17-9-5-13-25(31)26-14-6-10-18-32(26)38/h3-22H,1-2H3. The molecule has 0 nitrogen and oxygen atoms in total. The van der Waals surface area contributed by atoms with Crippen molar-refractivity contribution < 1.29 is 0 Å². The second-order valence-electron chi connectivity index (χ2n) is 10.8. The molecule has 4 heteroatoms. The molecule has 2 aliphatic rings. The van der Waals surface area contributed by atoms with Gasteiger partial charge in [0.15, 0.2) is 16.1 Å². The van der Waals surface area contributed by atoms with E-state index in [2.05, 4.69) is 134 Å². The van der Waals surface area contributed by atoms with Gasteiger partial charge in [0.2, 0.25) is 0 Å². The molecule has 8 rings (SSSR count). The molecule has 0 saturated heterocycles. The molecule has 38 heavy (non-hydrogen) atoms. The minimum absolute atomic E-state index is 1.41. The topological polar surface area (TPSA) is 0 Å². The van der Waals surface area contributed by atoms with Gasteiger partial charge in [-0.2, -0.15) is 0 Å². The predicted molar refractivity (Wildman–Crippen MR) is 172 cm³/mol. The molecule has 0 fully saturated rings. The summed E-state index contributed by atoms with van der Waals surface area (Å²) in [5.74, 6) is 0. The van der Waals surface area contributed by atoms with Gasteiger partial charge >= 0.3 is 0 Å². The number of fused-ring (bicyclic) bond motifs is 6. The summed E-state index contributed by atoms with van der Waals surface area (Å²) in [6.45, 7) is 5.10. The molecule has 0 N–H and O–H groups in total. The van der Waals surface area contributed by atoms with Crippen LogP contribution in [0, 0.1) is 0 Å². The van der Waals surface area contributed by atoms with Crippen LogP contribution in [-0.2, 0) is 0 Å². The molecule has 0 atom stereocenters. The normalized spacial score (nSPS) is 15.5. The molecule has 0 saturated carbocycles. The molecule has 0 unspecified atom stereocenters. The quantitative estimate of drug-likeness (QED) is 0.249. The Balaban J connectivity index is 1.23. The Morgan fingerprint density at radius 3 is 0.974 bits per heavy atom. The summed E-state index contributed by atoms with van der Waals surface area (Å²) in [6, 6.07) is 46.1. The Bertz CT molecular complexity index is 1650. The van der Waals surface area contributed by atoms with Crippen LogP contribution in [0.5, 0.6) is 0 Å². The van der Waals surface area contributed by atoms with E-state index in [1.54, 1.807) is 29.7 Å². The monoisotopic (exact) mass is 554 g/mol. The highest BCUT2D eigenvalue weighted by molar-refractivity contribution is 7.38. The lowest BCUT2D eigenvalue weighted by molar-refractivity contribution is 1.71. The fraction of sp³-hybridized carbons (Fsp3) is 0.0588. The fourth-order valence-electron chi connectivity index (χ4n) is 6.92. The van der Waals surface area contributed by atoms with Crippen molar-refractivity contribution in [3.8, 4) is 32.0 Å². The lowest BCUT2D eigenvalue weighted by Gasteiger charge is -2.23. The highest BCUT2D eigenvalue weighted by Gasteiger charge is 2.45. The lowest BCUT2D eigenvalue weighted by Crippen LogP contribution is -2.61. The number of hydrogen-bond donors (Lipinski definition) is 0. The Morgan fingerprint density at radius 2 is 0.658 bits per heavy atom. The zero-order valence-electron chi connectivity index (χ0n) is 21.4. The molecule has 0 bridgehead atoms. The van der Waals surface area contributed by atoms with E-state index in [1.807, 2.05) is 22.7 Å². The second kappa shape index (κ2) is 8.11. The van der Waals surface area contributed by atoms with Gasteiger partial charge in [-0.05, 0) is 55.1 Å². The first-order valence-corrected chi connectivity index (χ1v) is 19.8. The van der Waals surface area contributed by atoms with E-state index in [-0.39, 0.29) is 0 Å². The van der Waals surface area contributed by atoms with E-state index in [4.69, 9.17) is 0 Å². The van der Waals surface area contributed by atoms with E-state index >= 15 is 0 Å². The van der Waals surface area contributed by atoms with Crippen molar-refractivity contribution in [3.63, 3.8) is 0 Å². The fourth-order valence-corrected chi connectivity index (χ4v) is 19.4. The molecule has 0 amide bonds. The van der Waals surface area contributed by atoms with Crippen molar-refractivity contribution >= 4 is 68.6 Å². The third-order valence-corrected chi connectivity index (χ3v) is 22.3.